The first kappa shape index (κ1) is 35.8. The fraction of sp³-hybridized carbons (Fsp3) is 0.500. The van der Waals surface area contributed by atoms with E-state index in [4.69, 9.17) is 23.0 Å². The molecule has 0 heterocycles. The van der Waals surface area contributed by atoms with Crippen molar-refractivity contribution in [3.05, 3.63) is 65.7 Å². The van der Waals surface area contributed by atoms with Gasteiger partial charge in [-0.1, -0.05) is 42.5 Å². The highest BCUT2D eigenvalue weighted by Crippen LogP contribution is 2.55. The fourth-order valence-electron chi connectivity index (χ4n) is 3.71. The third-order valence-corrected chi connectivity index (χ3v) is 7.51. The Bertz CT molecular complexity index is 1250. The van der Waals surface area contributed by atoms with E-state index in [1.54, 1.807) is 96.1 Å². The van der Waals surface area contributed by atoms with Crippen LogP contribution in [-0.4, -0.2) is 53.2 Å². The van der Waals surface area contributed by atoms with E-state index in [-0.39, 0.29) is 25.2 Å². The molecule has 0 unspecified atom stereocenters. The maximum atomic E-state index is 13.4. The summed E-state index contributed by atoms with van der Waals surface area (Å²) in [5.41, 5.74) is -2.48. The molecule has 3 N–H and O–H groups in total. The molecule has 0 spiro atoms. The number of carbonyl (C=O) groups is 3. The van der Waals surface area contributed by atoms with Gasteiger partial charge in [-0.05, 0) is 78.1 Å². The molecule has 238 valence electrons. The number of aliphatic hydroxyl groups excluding tert-OH is 1. The van der Waals surface area contributed by atoms with Crippen LogP contribution >= 0.6 is 7.82 Å². The Hall–Kier alpha value is -3.44. The standard InChI is InChI=1S/C30H43N2O10P/c1-21(33)30(26(35)38-8,32-27(36)39-20-23-12-10-9-11-13-23)31-25(34)19-16-22-14-17-24(18-15-22)40-43(37,41-28(2,3)4)42-29(5,6)7/h9-15,17-18,21,33H,16,19-20H2,1-8H3,(H,31,34)(H,32,36)/t21-,30-/m0/s1. The van der Waals surface area contributed by atoms with Crippen molar-refractivity contribution in [2.24, 2.45) is 0 Å². The van der Waals surface area contributed by atoms with Crippen LogP contribution < -0.4 is 15.2 Å². The fourth-order valence-corrected chi connectivity index (χ4v) is 5.54. The Kier molecular flexibility index (Phi) is 12.3. The van der Waals surface area contributed by atoms with Crippen LogP contribution in [0.4, 0.5) is 4.79 Å². The zero-order valence-corrected chi connectivity index (χ0v) is 26.9. The summed E-state index contributed by atoms with van der Waals surface area (Å²) in [6.45, 7) is 11.5. The number of phosphoric ester groups is 1. The number of aryl methyl sites for hydroxylation is 1. The van der Waals surface area contributed by atoms with Gasteiger partial charge in [0.15, 0.2) is 0 Å². The molecule has 0 aromatic heterocycles. The van der Waals surface area contributed by atoms with E-state index in [1.165, 1.54) is 6.92 Å². The molecule has 2 rings (SSSR count). The average molecular weight is 623 g/mol. The molecule has 12 nitrogen and oxygen atoms in total. The van der Waals surface area contributed by atoms with Gasteiger partial charge < -0.3 is 24.4 Å². The van der Waals surface area contributed by atoms with E-state index in [0.717, 1.165) is 7.11 Å². The van der Waals surface area contributed by atoms with Gasteiger partial charge in [-0.3, -0.25) is 19.2 Å². The maximum Gasteiger partial charge on any atom is 0.531 e. The molecule has 0 bridgehead atoms. The predicted molar refractivity (Wildman–Crippen MR) is 159 cm³/mol. The smallest absolute Gasteiger partial charge is 0.466 e. The Balaban J connectivity index is 2.08. The van der Waals surface area contributed by atoms with Crippen LogP contribution in [-0.2, 0) is 45.7 Å². The van der Waals surface area contributed by atoms with Crippen LogP contribution in [0.2, 0.25) is 0 Å². The van der Waals surface area contributed by atoms with E-state index in [1.807, 2.05) is 0 Å². The van der Waals surface area contributed by atoms with Crippen LogP contribution in [0.25, 0.3) is 0 Å². The molecule has 13 heteroatoms. The second kappa shape index (κ2) is 14.8. The molecule has 0 fully saturated rings. The van der Waals surface area contributed by atoms with Gasteiger partial charge in [-0.25, -0.2) is 14.2 Å². The van der Waals surface area contributed by atoms with Gasteiger partial charge in [0.2, 0.25) is 11.6 Å². The quantitative estimate of drug-likeness (QED) is 0.157. The summed E-state index contributed by atoms with van der Waals surface area (Å²) < 4.78 is 40.2. The topological polar surface area (TPSA) is 159 Å². The van der Waals surface area contributed by atoms with Crippen molar-refractivity contribution < 1.29 is 47.1 Å². The number of aliphatic hydroxyl groups is 1. The van der Waals surface area contributed by atoms with Gasteiger partial charge in [0.1, 0.15) is 18.5 Å². The minimum atomic E-state index is -3.99. The molecule has 2 atom stereocenters. The number of hydrogen-bond acceptors (Lipinski definition) is 10. The van der Waals surface area contributed by atoms with Crippen LogP contribution in [0.5, 0.6) is 5.75 Å². The number of hydrogen-bond donors (Lipinski definition) is 3. The lowest BCUT2D eigenvalue weighted by Crippen LogP contribution is -2.71. The second-order valence-corrected chi connectivity index (χ2v) is 13.2. The first-order valence-electron chi connectivity index (χ1n) is 13.7. The summed E-state index contributed by atoms with van der Waals surface area (Å²) in [5, 5.41) is 15.1. The first-order chi connectivity index (χ1) is 19.9. The summed E-state index contributed by atoms with van der Waals surface area (Å²) in [6.07, 6.45) is -2.53. The van der Waals surface area contributed by atoms with Gasteiger partial charge in [0.05, 0.1) is 18.3 Å². The summed E-state index contributed by atoms with van der Waals surface area (Å²) >= 11 is 0. The number of rotatable bonds is 13. The number of alkyl carbamates (subject to hydrolysis) is 1. The van der Waals surface area contributed by atoms with E-state index in [0.29, 0.717) is 11.1 Å². The lowest BCUT2D eigenvalue weighted by molar-refractivity contribution is -0.158. The largest absolute Gasteiger partial charge is 0.531 e. The summed E-state index contributed by atoms with van der Waals surface area (Å²) in [6, 6.07) is 15.3. The molecule has 0 aliphatic carbocycles. The zero-order valence-electron chi connectivity index (χ0n) is 26.0. The molecule has 2 aromatic carbocycles. The van der Waals surface area contributed by atoms with Crippen LogP contribution in [0.1, 0.15) is 66.0 Å². The molecular weight excluding hydrogens is 579 g/mol. The van der Waals surface area contributed by atoms with Gasteiger partial charge in [-0.2, -0.15) is 0 Å². The molecule has 0 saturated heterocycles. The van der Waals surface area contributed by atoms with Gasteiger partial charge in [0.25, 0.3) is 0 Å². The van der Waals surface area contributed by atoms with Crippen LogP contribution in [0, 0.1) is 0 Å². The van der Waals surface area contributed by atoms with Crippen molar-refractivity contribution in [1.82, 2.24) is 10.6 Å². The van der Waals surface area contributed by atoms with E-state index >= 15 is 0 Å². The number of phosphoric acid groups is 1. The molecule has 0 aliphatic heterocycles. The predicted octanol–water partition coefficient (Wildman–Crippen LogP) is 5.03. The maximum absolute atomic E-state index is 13.4. The lowest BCUT2D eigenvalue weighted by atomic mass is 10.0. The van der Waals surface area contributed by atoms with E-state index in [9.17, 15) is 24.1 Å². The van der Waals surface area contributed by atoms with Crippen molar-refractivity contribution in [3.8, 4) is 5.75 Å². The van der Waals surface area contributed by atoms with Crippen molar-refractivity contribution in [1.29, 1.82) is 0 Å². The highest BCUT2D eigenvalue weighted by Gasteiger charge is 2.48. The Morgan fingerprint density at radius 1 is 0.860 bits per heavy atom. The third kappa shape index (κ3) is 12.0. The molecule has 0 radical (unpaired) electrons. The SMILES string of the molecule is COC(=O)[C@@](NC(=O)CCc1ccc(OP(=O)(OC(C)(C)C)OC(C)(C)C)cc1)(NC(=O)OCc1ccccc1)[C@H](C)O. The number of methoxy groups -OCH3 is 1. The Labute approximate surface area is 253 Å². The molecule has 2 amide bonds. The highest BCUT2D eigenvalue weighted by atomic mass is 31.2. The monoisotopic (exact) mass is 622 g/mol. The van der Waals surface area contributed by atoms with E-state index in [2.05, 4.69) is 10.6 Å². The van der Waals surface area contributed by atoms with Gasteiger partial charge in [-0.15, -0.1) is 0 Å². The normalized spacial score (nSPS) is 14.2. The average Bonchev–Trinajstić information content (AvgIpc) is 2.88. The number of esters is 1. The number of benzene rings is 2. The van der Waals surface area contributed by atoms with Crippen molar-refractivity contribution in [2.75, 3.05) is 7.11 Å². The second-order valence-electron chi connectivity index (χ2n) is 11.8. The van der Waals surface area contributed by atoms with Crippen LogP contribution in [0.3, 0.4) is 0 Å². The first-order valence-corrected chi connectivity index (χ1v) is 15.2. The lowest BCUT2D eigenvalue weighted by Gasteiger charge is -2.34. The number of amides is 2. The molecule has 2 aromatic rings. The minimum absolute atomic E-state index is 0.0997. The summed E-state index contributed by atoms with van der Waals surface area (Å²) in [4.78, 5) is 38.2. The number of nitrogens with one attached hydrogen (secondary N) is 2. The van der Waals surface area contributed by atoms with Crippen molar-refractivity contribution >= 4 is 25.8 Å². The number of carbonyl (C=O) groups excluding carboxylic acids is 3. The summed E-state index contributed by atoms with van der Waals surface area (Å²) in [7, 11) is -2.93. The molecule has 43 heavy (non-hydrogen) atoms. The minimum Gasteiger partial charge on any atom is -0.466 e. The Morgan fingerprint density at radius 3 is 1.91 bits per heavy atom. The van der Waals surface area contributed by atoms with Crippen molar-refractivity contribution in [2.45, 2.75) is 90.9 Å². The third-order valence-electron chi connectivity index (χ3n) is 5.54. The molecule has 0 aliphatic rings. The Morgan fingerprint density at radius 2 is 1.42 bits per heavy atom. The molecule has 0 saturated carbocycles. The van der Waals surface area contributed by atoms with Gasteiger partial charge >= 0.3 is 19.9 Å². The highest BCUT2D eigenvalue weighted by molar-refractivity contribution is 7.49. The van der Waals surface area contributed by atoms with Gasteiger partial charge in [0, 0.05) is 6.42 Å². The zero-order chi connectivity index (χ0) is 32.5. The van der Waals surface area contributed by atoms with Crippen molar-refractivity contribution in [3.63, 3.8) is 0 Å². The summed E-state index contributed by atoms with van der Waals surface area (Å²) in [5.74, 6) is -1.51. The molecular formula is C30H43N2O10P. The number of ether oxygens (including phenoxy) is 2. The van der Waals surface area contributed by atoms with E-state index < -0.39 is 48.8 Å². The van der Waals surface area contributed by atoms with Crippen LogP contribution in [0.15, 0.2) is 54.6 Å².